The van der Waals surface area contributed by atoms with E-state index in [1.165, 1.54) is 6.33 Å². The van der Waals surface area contributed by atoms with E-state index < -0.39 is 11.7 Å². The molecule has 2 N–H and O–H groups in total. The highest BCUT2D eigenvalue weighted by Crippen LogP contribution is 2.37. The maximum Gasteiger partial charge on any atom is 0.416 e. The zero-order valence-electron chi connectivity index (χ0n) is 11.8. The third kappa shape index (κ3) is 2.91. The van der Waals surface area contributed by atoms with Gasteiger partial charge in [0, 0.05) is 11.1 Å². The summed E-state index contributed by atoms with van der Waals surface area (Å²) in [4.78, 5) is 6.81. The number of H-pyrrole nitrogens is 1. The van der Waals surface area contributed by atoms with Crippen molar-refractivity contribution in [1.82, 2.24) is 9.97 Å². The van der Waals surface area contributed by atoms with Crippen LogP contribution in [0.5, 0.6) is 0 Å². The van der Waals surface area contributed by atoms with E-state index in [0.29, 0.717) is 22.2 Å². The summed E-state index contributed by atoms with van der Waals surface area (Å²) in [6, 6.07) is 8.94. The van der Waals surface area contributed by atoms with Crippen LogP contribution in [0.4, 0.5) is 13.2 Å². The van der Waals surface area contributed by atoms with E-state index in [0.717, 1.165) is 12.1 Å². The first-order valence-electron chi connectivity index (χ1n) is 6.74. The molecule has 2 aromatic carbocycles. The number of aliphatic hydroxyl groups is 1. The van der Waals surface area contributed by atoms with Gasteiger partial charge in [0.1, 0.15) is 6.61 Å². The molecule has 116 valence electrons. The highest BCUT2D eigenvalue weighted by Gasteiger charge is 2.32. The van der Waals surface area contributed by atoms with Crippen LogP contribution in [0.1, 0.15) is 11.1 Å². The molecule has 0 radical (unpaired) electrons. The summed E-state index contributed by atoms with van der Waals surface area (Å²) in [6.07, 6.45) is -3.11. The Hall–Kier alpha value is -2.78. The molecular weight excluding hydrogens is 305 g/mol. The fourth-order valence-electron chi connectivity index (χ4n) is 2.38. The Morgan fingerprint density at radius 3 is 2.65 bits per heavy atom. The number of aliphatic hydroxyl groups excluding tert-OH is 1. The predicted molar refractivity (Wildman–Crippen MR) is 80.5 cm³/mol. The maximum absolute atomic E-state index is 13.1. The van der Waals surface area contributed by atoms with Crippen LogP contribution in [-0.2, 0) is 6.18 Å². The summed E-state index contributed by atoms with van der Waals surface area (Å²) < 4.78 is 39.4. The molecule has 0 aliphatic heterocycles. The number of imidazole rings is 1. The van der Waals surface area contributed by atoms with Gasteiger partial charge in [-0.25, -0.2) is 4.98 Å². The zero-order chi connectivity index (χ0) is 16.4. The molecule has 0 atom stereocenters. The van der Waals surface area contributed by atoms with Crippen LogP contribution in [-0.4, -0.2) is 21.7 Å². The van der Waals surface area contributed by atoms with Crippen molar-refractivity contribution in [2.24, 2.45) is 0 Å². The second-order valence-electron chi connectivity index (χ2n) is 4.82. The van der Waals surface area contributed by atoms with Gasteiger partial charge in [-0.3, -0.25) is 0 Å². The molecule has 0 saturated carbocycles. The molecule has 0 bridgehead atoms. The van der Waals surface area contributed by atoms with Crippen LogP contribution in [0.25, 0.3) is 22.2 Å². The number of aromatic amines is 1. The van der Waals surface area contributed by atoms with Gasteiger partial charge in [-0.2, -0.15) is 13.2 Å². The van der Waals surface area contributed by atoms with E-state index >= 15 is 0 Å². The average Bonchev–Trinajstić information content (AvgIpc) is 3.00. The number of hydrogen-bond donors (Lipinski definition) is 2. The van der Waals surface area contributed by atoms with Gasteiger partial charge in [0.2, 0.25) is 0 Å². The van der Waals surface area contributed by atoms with Crippen molar-refractivity contribution >= 4 is 11.0 Å². The van der Waals surface area contributed by atoms with Crippen molar-refractivity contribution in [2.45, 2.75) is 6.18 Å². The maximum atomic E-state index is 13.1. The summed E-state index contributed by atoms with van der Waals surface area (Å²) in [5.41, 5.74) is 1.44. The summed E-state index contributed by atoms with van der Waals surface area (Å²) in [6.45, 7) is -0.323. The van der Waals surface area contributed by atoms with Gasteiger partial charge in [-0.05, 0) is 23.8 Å². The van der Waals surface area contributed by atoms with Crippen LogP contribution in [0.15, 0.2) is 42.7 Å². The van der Waals surface area contributed by atoms with Crippen molar-refractivity contribution in [3.05, 3.63) is 53.9 Å². The predicted octanol–water partition coefficient (Wildman–Crippen LogP) is 3.59. The summed E-state index contributed by atoms with van der Waals surface area (Å²) in [5.74, 6) is 5.28. The number of aromatic nitrogens is 2. The van der Waals surface area contributed by atoms with Crippen LogP contribution in [0, 0.1) is 11.8 Å². The summed E-state index contributed by atoms with van der Waals surface area (Å²) in [7, 11) is 0. The Morgan fingerprint density at radius 1 is 1.13 bits per heavy atom. The lowest BCUT2D eigenvalue weighted by atomic mass is 9.96. The van der Waals surface area contributed by atoms with Crippen molar-refractivity contribution in [2.75, 3.05) is 6.61 Å². The van der Waals surface area contributed by atoms with Crippen LogP contribution in [0.3, 0.4) is 0 Å². The molecule has 0 saturated heterocycles. The van der Waals surface area contributed by atoms with Crippen LogP contribution < -0.4 is 0 Å². The van der Waals surface area contributed by atoms with E-state index in [9.17, 15) is 13.2 Å². The third-order valence-electron chi connectivity index (χ3n) is 3.38. The SMILES string of the molecule is OCC#Cc1ccccc1-c1cc(C(F)(F)F)cc2nc[nH]c12. The highest BCUT2D eigenvalue weighted by atomic mass is 19.4. The number of benzene rings is 2. The minimum Gasteiger partial charge on any atom is -0.384 e. The van der Waals surface area contributed by atoms with Gasteiger partial charge < -0.3 is 10.1 Å². The van der Waals surface area contributed by atoms with Crippen molar-refractivity contribution in [1.29, 1.82) is 0 Å². The normalized spacial score (nSPS) is 11.3. The Labute approximate surface area is 129 Å². The molecule has 1 aromatic heterocycles. The third-order valence-corrected chi connectivity index (χ3v) is 3.38. The molecule has 0 unspecified atom stereocenters. The van der Waals surface area contributed by atoms with E-state index in [1.807, 2.05) is 0 Å². The number of hydrogen-bond acceptors (Lipinski definition) is 2. The second kappa shape index (κ2) is 5.78. The number of nitrogens with one attached hydrogen (secondary N) is 1. The molecule has 1 heterocycles. The van der Waals surface area contributed by atoms with Gasteiger partial charge in [-0.1, -0.05) is 30.0 Å². The Balaban J connectivity index is 2.30. The number of fused-ring (bicyclic) bond motifs is 1. The summed E-state index contributed by atoms with van der Waals surface area (Å²) in [5, 5.41) is 8.84. The van der Waals surface area contributed by atoms with Gasteiger partial charge in [0.25, 0.3) is 0 Å². The molecule has 23 heavy (non-hydrogen) atoms. The molecule has 0 spiro atoms. The number of rotatable bonds is 1. The number of alkyl halides is 3. The van der Waals surface area contributed by atoms with Crippen molar-refractivity contribution in [3.63, 3.8) is 0 Å². The molecule has 3 rings (SSSR count). The lowest BCUT2D eigenvalue weighted by Crippen LogP contribution is -2.05. The molecule has 3 nitrogen and oxygen atoms in total. The molecule has 0 fully saturated rings. The first-order chi connectivity index (χ1) is 11.0. The van der Waals surface area contributed by atoms with E-state index in [1.54, 1.807) is 24.3 Å². The molecule has 0 amide bonds. The largest absolute Gasteiger partial charge is 0.416 e. The zero-order valence-corrected chi connectivity index (χ0v) is 11.8. The monoisotopic (exact) mass is 316 g/mol. The lowest BCUT2D eigenvalue weighted by Gasteiger charge is -2.11. The first-order valence-corrected chi connectivity index (χ1v) is 6.74. The summed E-state index contributed by atoms with van der Waals surface area (Å²) >= 11 is 0. The lowest BCUT2D eigenvalue weighted by molar-refractivity contribution is -0.137. The molecule has 3 aromatic rings. The van der Waals surface area contributed by atoms with E-state index in [2.05, 4.69) is 21.8 Å². The Kier molecular flexibility index (Phi) is 3.80. The van der Waals surface area contributed by atoms with Gasteiger partial charge >= 0.3 is 6.18 Å². The topological polar surface area (TPSA) is 48.9 Å². The minimum atomic E-state index is -4.46. The van der Waals surface area contributed by atoms with Gasteiger partial charge in [0.05, 0.1) is 22.9 Å². The molecule has 6 heteroatoms. The molecule has 0 aliphatic carbocycles. The second-order valence-corrected chi connectivity index (χ2v) is 4.82. The number of halogens is 3. The van der Waals surface area contributed by atoms with E-state index in [4.69, 9.17) is 5.11 Å². The van der Waals surface area contributed by atoms with Crippen LogP contribution >= 0.6 is 0 Å². The minimum absolute atomic E-state index is 0.236. The van der Waals surface area contributed by atoms with Crippen molar-refractivity contribution in [3.8, 4) is 23.0 Å². The van der Waals surface area contributed by atoms with E-state index in [-0.39, 0.29) is 12.1 Å². The van der Waals surface area contributed by atoms with Crippen LogP contribution in [0.2, 0.25) is 0 Å². The highest BCUT2D eigenvalue weighted by molar-refractivity contribution is 5.94. The molecule has 0 aliphatic rings. The quantitative estimate of drug-likeness (QED) is 0.674. The smallest absolute Gasteiger partial charge is 0.384 e. The fraction of sp³-hybridized carbons (Fsp3) is 0.118. The number of nitrogens with zero attached hydrogens (tertiary/aromatic N) is 1. The Morgan fingerprint density at radius 2 is 1.91 bits per heavy atom. The van der Waals surface area contributed by atoms with Gasteiger partial charge in [0.15, 0.2) is 0 Å². The molecular formula is C17H11F3N2O. The van der Waals surface area contributed by atoms with Gasteiger partial charge in [-0.15, -0.1) is 0 Å². The fourth-order valence-corrected chi connectivity index (χ4v) is 2.38. The first kappa shape index (κ1) is 15.1. The Bertz CT molecular complexity index is 917. The standard InChI is InChI=1S/C17H11F3N2O/c18-17(19,20)12-8-14(16-15(9-12)21-10-22-16)13-6-2-1-4-11(13)5-3-7-23/h1-2,4,6,8-10,23H,7H2,(H,21,22). The average molecular weight is 316 g/mol. The van der Waals surface area contributed by atoms with Crippen molar-refractivity contribution < 1.29 is 18.3 Å².